The summed E-state index contributed by atoms with van der Waals surface area (Å²) in [6, 6.07) is 0.612. The standard InChI is InChI=1S/C14H24N4/c1-17-11-13(9-16-17)14-5-3-7-18(14)10-12-4-2-6-15-8-12/h9,11-12,14-15H,2-8,10H2,1H3. The van der Waals surface area contributed by atoms with Crippen molar-refractivity contribution in [1.82, 2.24) is 20.0 Å². The quantitative estimate of drug-likeness (QED) is 0.881. The van der Waals surface area contributed by atoms with E-state index in [0.29, 0.717) is 6.04 Å². The molecule has 1 N–H and O–H groups in total. The summed E-state index contributed by atoms with van der Waals surface area (Å²) in [6.07, 6.45) is 9.59. The number of rotatable bonds is 3. The van der Waals surface area contributed by atoms with Crippen molar-refractivity contribution in [2.45, 2.75) is 31.7 Å². The van der Waals surface area contributed by atoms with E-state index in [1.165, 1.54) is 57.4 Å². The molecule has 0 spiro atoms. The second-order valence-corrected chi connectivity index (χ2v) is 5.81. The van der Waals surface area contributed by atoms with Crippen LogP contribution in [0.4, 0.5) is 0 Å². The fourth-order valence-electron chi connectivity index (χ4n) is 3.45. The number of hydrogen-bond donors (Lipinski definition) is 1. The van der Waals surface area contributed by atoms with Crippen molar-refractivity contribution in [3.63, 3.8) is 0 Å². The van der Waals surface area contributed by atoms with Crippen molar-refractivity contribution >= 4 is 0 Å². The Morgan fingerprint density at radius 1 is 1.39 bits per heavy atom. The van der Waals surface area contributed by atoms with Gasteiger partial charge >= 0.3 is 0 Å². The molecule has 18 heavy (non-hydrogen) atoms. The molecule has 1 aromatic rings. The smallest absolute Gasteiger partial charge is 0.0537 e. The summed E-state index contributed by atoms with van der Waals surface area (Å²) in [5, 5.41) is 7.84. The topological polar surface area (TPSA) is 33.1 Å². The lowest BCUT2D eigenvalue weighted by atomic mass is 9.98. The number of aromatic nitrogens is 2. The number of nitrogens with zero attached hydrogens (tertiary/aromatic N) is 3. The van der Waals surface area contributed by atoms with Gasteiger partial charge in [-0.3, -0.25) is 9.58 Å². The normalized spacial score (nSPS) is 29.8. The van der Waals surface area contributed by atoms with Crippen LogP contribution in [-0.4, -0.2) is 40.9 Å². The van der Waals surface area contributed by atoms with Crippen molar-refractivity contribution in [3.8, 4) is 0 Å². The average molecular weight is 248 g/mol. The molecule has 0 radical (unpaired) electrons. The van der Waals surface area contributed by atoms with Crippen molar-refractivity contribution < 1.29 is 0 Å². The van der Waals surface area contributed by atoms with Crippen LogP contribution in [0.25, 0.3) is 0 Å². The Morgan fingerprint density at radius 3 is 3.06 bits per heavy atom. The number of aryl methyl sites for hydroxylation is 1. The molecule has 2 atom stereocenters. The molecule has 4 nitrogen and oxygen atoms in total. The van der Waals surface area contributed by atoms with Gasteiger partial charge < -0.3 is 5.32 Å². The number of piperidine rings is 1. The summed E-state index contributed by atoms with van der Waals surface area (Å²) in [6.45, 7) is 4.93. The van der Waals surface area contributed by atoms with E-state index in [4.69, 9.17) is 0 Å². The van der Waals surface area contributed by atoms with Crippen LogP contribution in [0.2, 0.25) is 0 Å². The van der Waals surface area contributed by atoms with Crippen LogP contribution in [0.15, 0.2) is 12.4 Å². The molecule has 0 saturated carbocycles. The summed E-state index contributed by atoms with van der Waals surface area (Å²) in [7, 11) is 2.01. The zero-order valence-corrected chi connectivity index (χ0v) is 11.3. The molecule has 0 aromatic carbocycles. The molecule has 1 aromatic heterocycles. The highest BCUT2D eigenvalue weighted by Crippen LogP contribution is 2.32. The highest BCUT2D eigenvalue weighted by Gasteiger charge is 2.29. The summed E-state index contributed by atoms with van der Waals surface area (Å²) >= 11 is 0. The van der Waals surface area contributed by atoms with Crippen molar-refractivity contribution in [2.75, 3.05) is 26.2 Å². The van der Waals surface area contributed by atoms with E-state index in [0.717, 1.165) is 5.92 Å². The van der Waals surface area contributed by atoms with Crippen LogP contribution < -0.4 is 5.32 Å². The van der Waals surface area contributed by atoms with Gasteiger partial charge in [0, 0.05) is 31.4 Å². The molecular formula is C14H24N4. The Morgan fingerprint density at radius 2 is 2.33 bits per heavy atom. The SMILES string of the molecule is Cn1cc(C2CCCN2CC2CCCNC2)cn1. The third-order valence-electron chi connectivity index (χ3n) is 4.36. The van der Waals surface area contributed by atoms with E-state index in [2.05, 4.69) is 21.5 Å². The molecule has 2 saturated heterocycles. The van der Waals surface area contributed by atoms with Gasteiger partial charge in [0.25, 0.3) is 0 Å². The molecule has 3 heterocycles. The van der Waals surface area contributed by atoms with Crippen LogP contribution in [0.1, 0.15) is 37.3 Å². The maximum absolute atomic E-state index is 4.32. The second-order valence-electron chi connectivity index (χ2n) is 5.81. The van der Waals surface area contributed by atoms with Crippen molar-refractivity contribution in [3.05, 3.63) is 18.0 Å². The molecular weight excluding hydrogens is 224 g/mol. The van der Waals surface area contributed by atoms with E-state index in [1.54, 1.807) is 0 Å². The Labute approximate surface area is 109 Å². The molecule has 0 aliphatic carbocycles. The van der Waals surface area contributed by atoms with E-state index in [-0.39, 0.29) is 0 Å². The molecule has 2 fully saturated rings. The predicted octanol–water partition coefficient (Wildman–Crippen LogP) is 1.56. The van der Waals surface area contributed by atoms with Gasteiger partial charge in [0.05, 0.1) is 6.20 Å². The minimum absolute atomic E-state index is 0.612. The Hall–Kier alpha value is -0.870. The highest BCUT2D eigenvalue weighted by molar-refractivity contribution is 5.12. The molecule has 0 amide bonds. The van der Waals surface area contributed by atoms with E-state index in [9.17, 15) is 0 Å². The number of likely N-dealkylation sites (tertiary alicyclic amines) is 1. The first-order chi connectivity index (χ1) is 8.83. The van der Waals surface area contributed by atoms with Gasteiger partial charge in [-0.25, -0.2) is 0 Å². The van der Waals surface area contributed by atoms with Gasteiger partial charge in [0.1, 0.15) is 0 Å². The zero-order valence-electron chi connectivity index (χ0n) is 11.3. The van der Waals surface area contributed by atoms with Crippen molar-refractivity contribution in [1.29, 1.82) is 0 Å². The Bertz CT molecular complexity index is 381. The fourth-order valence-corrected chi connectivity index (χ4v) is 3.45. The van der Waals surface area contributed by atoms with E-state index in [1.807, 2.05) is 17.9 Å². The van der Waals surface area contributed by atoms with Gasteiger partial charge in [-0.1, -0.05) is 0 Å². The van der Waals surface area contributed by atoms with Crippen LogP contribution in [0, 0.1) is 5.92 Å². The molecule has 0 bridgehead atoms. The Balaban J connectivity index is 1.63. The summed E-state index contributed by atoms with van der Waals surface area (Å²) in [4.78, 5) is 2.68. The third-order valence-corrected chi connectivity index (χ3v) is 4.36. The number of hydrogen-bond acceptors (Lipinski definition) is 3. The highest BCUT2D eigenvalue weighted by atomic mass is 15.3. The molecule has 3 rings (SSSR count). The van der Waals surface area contributed by atoms with Crippen LogP contribution in [-0.2, 0) is 7.05 Å². The van der Waals surface area contributed by atoms with Gasteiger partial charge in [0.15, 0.2) is 0 Å². The lowest BCUT2D eigenvalue weighted by molar-refractivity contribution is 0.195. The molecule has 2 unspecified atom stereocenters. The lowest BCUT2D eigenvalue weighted by Crippen LogP contribution is -2.38. The van der Waals surface area contributed by atoms with Crippen LogP contribution in [0.5, 0.6) is 0 Å². The van der Waals surface area contributed by atoms with Gasteiger partial charge in [-0.2, -0.15) is 5.10 Å². The van der Waals surface area contributed by atoms with E-state index < -0.39 is 0 Å². The van der Waals surface area contributed by atoms with Crippen molar-refractivity contribution in [2.24, 2.45) is 13.0 Å². The predicted molar refractivity (Wildman–Crippen MR) is 72.3 cm³/mol. The minimum Gasteiger partial charge on any atom is -0.316 e. The minimum atomic E-state index is 0.612. The zero-order chi connectivity index (χ0) is 12.4. The van der Waals surface area contributed by atoms with Gasteiger partial charge in [-0.15, -0.1) is 0 Å². The Kier molecular flexibility index (Phi) is 3.66. The third kappa shape index (κ3) is 2.59. The fraction of sp³-hybridized carbons (Fsp3) is 0.786. The van der Waals surface area contributed by atoms with Gasteiger partial charge in [-0.05, 0) is 51.2 Å². The summed E-state index contributed by atoms with van der Waals surface area (Å²) in [5.41, 5.74) is 1.40. The molecule has 100 valence electrons. The first-order valence-electron chi connectivity index (χ1n) is 7.26. The van der Waals surface area contributed by atoms with Crippen LogP contribution >= 0.6 is 0 Å². The monoisotopic (exact) mass is 248 g/mol. The van der Waals surface area contributed by atoms with Gasteiger partial charge in [0.2, 0.25) is 0 Å². The first-order valence-corrected chi connectivity index (χ1v) is 7.26. The largest absolute Gasteiger partial charge is 0.316 e. The second kappa shape index (κ2) is 5.41. The maximum Gasteiger partial charge on any atom is 0.0537 e. The van der Waals surface area contributed by atoms with E-state index >= 15 is 0 Å². The first kappa shape index (κ1) is 12.2. The summed E-state index contributed by atoms with van der Waals surface area (Å²) < 4.78 is 1.92. The lowest BCUT2D eigenvalue weighted by Gasteiger charge is -2.30. The summed E-state index contributed by atoms with van der Waals surface area (Å²) in [5.74, 6) is 0.844. The maximum atomic E-state index is 4.32. The van der Waals surface area contributed by atoms with Crippen LogP contribution in [0.3, 0.4) is 0 Å². The number of nitrogens with one attached hydrogen (secondary N) is 1. The molecule has 2 aliphatic rings. The molecule has 4 heteroatoms. The average Bonchev–Trinajstić information content (AvgIpc) is 2.99. The molecule has 2 aliphatic heterocycles.